The van der Waals surface area contributed by atoms with Crippen LogP contribution in [0.25, 0.3) is 11.6 Å². The summed E-state index contributed by atoms with van der Waals surface area (Å²) in [5.74, 6) is -0.407. The van der Waals surface area contributed by atoms with Crippen LogP contribution < -0.4 is 4.90 Å². The summed E-state index contributed by atoms with van der Waals surface area (Å²) in [6.45, 7) is 2.08. The fourth-order valence-corrected chi connectivity index (χ4v) is 4.07. The van der Waals surface area contributed by atoms with Crippen molar-refractivity contribution in [1.82, 2.24) is 19.9 Å². The van der Waals surface area contributed by atoms with Crippen molar-refractivity contribution in [3.63, 3.8) is 0 Å². The topological polar surface area (TPSA) is 73.3 Å². The fraction of sp³-hybridized carbons (Fsp3) is 0.391. The van der Waals surface area contributed by atoms with Crippen molar-refractivity contribution in [3.8, 4) is 11.6 Å². The molecular weight excluding hydrogens is 416 g/mol. The molecule has 0 bridgehead atoms. The van der Waals surface area contributed by atoms with E-state index in [0.29, 0.717) is 43.6 Å². The van der Waals surface area contributed by atoms with E-state index in [4.69, 9.17) is 9.47 Å². The molecule has 166 valence electrons. The summed E-state index contributed by atoms with van der Waals surface area (Å²) in [6.07, 6.45) is 7.67. The molecule has 0 unspecified atom stereocenters. The smallest absolute Gasteiger partial charge is 0.197 e. The zero-order valence-electron chi connectivity index (χ0n) is 17.6. The maximum Gasteiger partial charge on any atom is 0.197 e. The van der Waals surface area contributed by atoms with Crippen LogP contribution in [0.3, 0.4) is 0 Å². The quantitative estimate of drug-likeness (QED) is 0.499. The van der Waals surface area contributed by atoms with Gasteiger partial charge in [0.05, 0.1) is 25.0 Å². The average molecular weight is 439 g/mol. The van der Waals surface area contributed by atoms with Crippen molar-refractivity contribution in [2.75, 3.05) is 38.3 Å². The summed E-state index contributed by atoms with van der Waals surface area (Å²) in [4.78, 5) is 18.9. The highest BCUT2D eigenvalue weighted by Gasteiger charge is 2.41. The number of benzene rings is 1. The van der Waals surface area contributed by atoms with Gasteiger partial charge in [-0.2, -0.15) is 0 Å². The molecule has 1 saturated heterocycles. The number of nitrogens with zero attached hydrogens (tertiary/aromatic N) is 5. The predicted octanol–water partition coefficient (Wildman–Crippen LogP) is 3.33. The van der Waals surface area contributed by atoms with E-state index in [1.807, 2.05) is 4.90 Å². The molecule has 1 aromatic carbocycles. The molecule has 3 heterocycles. The van der Waals surface area contributed by atoms with E-state index >= 15 is 0 Å². The molecule has 2 aromatic heterocycles. The van der Waals surface area contributed by atoms with Gasteiger partial charge in [-0.25, -0.2) is 28.7 Å². The first-order chi connectivity index (χ1) is 15.6. The monoisotopic (exact) mass is 439 g/mol. The Morgan fingerprint density at radius 3 is 2.34 bits per heavy atom. The molecule has 5 rings (SSSR count). The summed E-state index contributed by atoms with van der Waals surface area (Å²) in [5, 5.41) is 0. The molecule has 3 aromatic rings. The molecule has 9 heteroatoms. The number of halogens is 2. The van der Waals surface area contributed by atoms with E-state index in [-0.39, 0.29) is 17.9 Å². The zero-order chi connectivity index (χ0) is 22.1. The second-order valence-corrected chi connectivity index (χ2v) is 8.09. The maximum absolute atomic E-state index is 14.5. The number of rotatable bonds is 8. The Morgan fingerprint density at radius 2 is 1.62 bits per heavy atom. The molecule has 2 aliphatic rings. The van der Waals surface area contributed by atoms with Gasteiger partial charge < -0.3 is 14.4 Å². The average Bonchev–Trinajstić information content (AvgIpc) is 3.59. The number of anilines is 1. The first-order valence-electron chi connectivity index (χ1n) is 10.6. The molecule has 1 saturated carbocycles. The Bertz CT molecular complexity index is 1080. The Morgan fingerprint density at radius 1 is 0.938 bits per heavy atom. The Balaban J connectivity index is 1.26. The lowest BCUT2D eigenvalue weighted by molar-refractivity contribution is 0.00377. The minimum Gasteiger partial charge on any atom is -0.382 e. The third-order valence-electron chi connectivity index (χ3n) is 5.95. The van der Waals surface area contributed by atoms with Crippen LogP contribution in [0, 0.1) is 11.6 Å². The van der Waals surface area contributed by atoms with Crippen molar-refractivity contribution >= 4 is 5.69 Å². The number of hydrogen-bond donors (Lipinski definition) is 0. The zero-order valence-corrected chi connectivity index (χ0v) is 17.6. The summed E-state index contributed by atoms with van der Waals surface area (Å²) >= 11 is 0. The highest BCUT2D eigenvalue weighted by atomic mass is 19.2. The highest BCUT2D eigenvalue weighted by Crippen LogP contribution is 2.55. The SMILES string of the molecule is COCCOC1CN(c2cc([C@H]3C[C@H]3c3cnc(-c4ncccn4)nc3)cc(F)c2F)C1. The second kappa shape index (κ2) is 8.84. The molecular formula is C23H23F2N5O2. The van der Waals surface area contributed by atoms with E-state index in [0.717, 1.165) is 17.5 Å². The summed E-state index contributed by atoms with van der Waals surface area (Å²) in [5.41, 5.74) is 2.06. The van der Waals surface area contributed by atoms with Gasteiger partial charge in [0.25, 0.3) is 0 Å². The van der Waals surface area contributed by atoms with Crippen molar-refractivity contribution in [3.05, 3.63) is 65.7 Å². The van der Waals surface area contributed by atoms with Crippen LogP contribution in [-0.4, -0.2) is 59.5 Å². The maximum atomic E-state index is 14.5. The van der Waals surface area contributed by atoms with Gasteiger partial charge in [0.15, 0.2) is 23.3 Å². The molecule has 2 fully saturated rings. The first kappa shape index (κ1) is 20.8. The van der Waals surface area contributed by atoms with E-state index in [1.165, 1.54) is 6.07 Å². The van der Waals surface area contributed by atoms with Gasteiger partial charge in [-0.1, -0.05) is 0 Å². The molecule has 32 heavy (non-hydrogen) atoms. The van der Waals surface area contributed by atoms with Crippen molar-refractivity contribution in [2.45, 2.75) is 24.4 Å². The van der Waals surface area contributed by atoms with Gasteiger partial charge in [-0.3, -0.25) is 0 Å². The van der Waals surface area contributed by atoms with Crippen molar-refractivity contribution in [2.24, 2.45) is 0 Å². The Kier molecular flexibility index (Phi) is 5.75. The van der Waals surface area contributed by atoms with Gasteiger partial charge >= 0.3 is 0 Å². The van der Waals surface area contributed by atoms with E-state index in [9.17, 15) is 8.78 Å². The molecule has 1 aliphatic heterocycles. The van der Waals surface area contributed by atoms with Crippen LogP contribution in [0.4, 0.5) is 14.5 Å². The van der Waals surface area contributed by atoms with Crippen LogP contribution >= 0.6 is 0 Å². The summed E-state index contributed by atoms with van der Waals surface area (Å²) < 4.78 is 39.5. The minimum absolute atomic E-state index is 0.00852. The van der Waals surface area contributed by atoms with Crippen LogP contribution in [-0.2, 0) is 9.47 Å². The molecule has 2 atom stereocenters. The van der Waals surface area contributed by atoms with Crippen LogP contribution in [0.15, 0.2) is 43.0 Å². The van der Waals surface area contributed by atoms with E-state index in [2.05, 4.69) is 19.9 Å². The number of methoxy groups -OCH3 is 1. The standard InChI is InChI=1S/C23H23F2N5O2/c1-31-5-6-32-16-12-30(13-16)20-8-14(7-19(24)21(20)25)17-9-18(17)15-10-28-23(29-11-15)22-26-3-2-4-27-22/h2-4,7-8,10-11,16-18H,5-6,9,12-13H2,1H3/t17-,18+/m1/s1. The molecule has 7 nitrogen and oxygen atoms in total. The summed E-state index contributed by atoms with van der Waals surface area (Å²) in [6, 6.07) is 4.81. The Labute approximate surface area is 184 Å². The van der Waals surface area contributed by atoms with Gasteiger partial charge in [-0.15, -0.1) is 0 Å². The molecule has 1 aliphatic carbocycles. The lowest BCUT2D eigenvalue weighted by atomic mass is 10.0. The van der Waals surface area contributed by atoms with Gasteiger partial charge in [0.2, 0.25) is 0 Å². The second-order valence-electron chi connectivity index (χ2n) is 8.09. The van der Waals surface area contributed by atoms with Gasteiger partial charge in [0, 0.05) is 45.0 Å². The molecule has 0 N–H and O–H groups in total. The fourth-order valence-electron chi connectivity index (χ4n) is 4.07. The molecule has 0 amide bonds. The third kappa shape index (κ3) is 4.18. The Hall–Kier alpha value is -3.04. The van der Waals surface area contributed by atoms with Crippen molar-refractivity contribution in [1.29, 1.82) is 0 Å². The van der Waals surface area contributed by atoms with E-state index < -0.39 is 11.6 Å². The van der Waals surface area contributed by atoms with Gasteiger partial charge in [0.1, 0.15) is 0 Å². The largest absolute Gasteiger partial charge is 0.382 e. The third-order valence-corrected chi connectivity index (χ3v) is 5.95. The highest BCUT2D eigenvalue weighted by molar-refractivity contribution is 5.55. The minimum atomic E-state index is -0.820. The normalized spacial score (nSPS) is 20.3. The molecule has 0 spiro atoms. The lowest BCUT2D eigenvalue weighted by Gasteiger charge is -2.41. The molecule has 0 radical (unpaired) electrons. The van der Waals surface area contributed by atoms with Gasteiger partial charge in [-0.05, 0) is 47.6 Å². The number of ether oxygens (including phenoxy) is 2. The number of hydrogen-bond acceptors (Lipinski definition) is 7. The predicted molar refractivity (Wildman–Crippen MR) is 113 cm³/mol. The van der Waals surface area contributed by atoms with Crippen LogP contribution in [0.1, 0.15) is 29.4 Å². The lowest BCUT2D eigenvalue weighted by Crippen LogP contribution is -2.53. The van der Waals surface area contributed by atoms with Crippen LogP contribution in [0.2, 0.25) is 0 Å². The number of aromatic nitrogens is 4. The van der Waals surface area contributed by atoms with E-state index in [1.54, 1.807) is 44.0 Å². The summed E-state index contributed by atoms with van der Waals surface area (Å²) in [7, 11) is 1.61. The van der Waals surface area contributed by atoms with Crippen LogP contribution in [0.5, 0.6) is 0 Å². The first-order valence-corrected chi connectivity index (χ1v) is 10.6. The van der Waals surface area contributed by atoms with Crippen molar-refractivity contribution < 1.29 is 18.3 Å².